The van der Waals surface area contributed by atoms with Crippen molar-refractivity contribution in [2.75, 3.05) is 0 Å². The average Bonchev–Trinajstić information content (AvgIpc) is 2.22. The van der Waals surface area contributed by atoms with Crippen LogP contribution in [0.15, 0.2) is 36.5 Å². The monoisotopic (exact) mass is 177 g/mol. The third kappa shape index (κ3) is 2.02. The lowest BCUT2D eigenvalue weighted by molar-refractivity contribution is 0.639. The van der Waals surface area contributed by atoms with Crippen LogP contribution in [0.2, 0.25) is 0 Å². The number of benzene rings is 1. The highest BCUT2D eigenvalue weighted by Crippen LogP contribution is 2.13. The van der Waals surface area contributed by atoms with Gasteiger partial charge in [0, 0.05) is 11.6 Å². The standard InChI is InChI=1S/C9H6FN.C2H6/c10-8-4-1-5-9-7(8)3-2-6-11-9;1-2/h1-6H;1-2H3. The molecule has 0 spiro atoms. The Morgan fingerprint density at radius 3 is 2.54 bits per heavy atom. The lowest BCUT2D eigenvalue weighted by atomic mass is 10.2. The van der Waals surface area contributed by atoms with Gasteiger partial charge in [-0.15, -0.1) is 0 Å². The number of nitrogens with zero attached hydrogens (tertiary/aromatic N) is 1. The van der Waals surface area contributed by atoms with E-state index in [9.17, 15) is 4.39 Å². The van der Waals surface area contributed by atoms with Crippen molar-refractivity contribution in [2.45, 2.75) is 13.8 Å². The van der Waals surface area contributed by atoms with Gasteiger partial charge in [-0.1, -0.05) is 19.9 Å². The minimum Gasteiger partial charge on any atom is -0.256 e. The van der Waals surface area contributed by atoms with Crippen LogP contribution in [0.4, 0.5) is 4.39 Å². The van der Waals surface area contributed by atoms with Crippen LogP contribution in [-0.4, -0.2) is 4.98 Å². The van der Waals surface area contributed by atoms with Crippen LogP contribution < -0.4 is 0 Å². The van der Waals surface area contributed by atoms with E-state index in [0.29, 0.717) is 10.9 Å². The molecule has 13 heavy (non-hydrogen) atoms. The number of aromatic nitrogens is 1. The van der Waals surface area contributed by atoms with Gasteiger partial charge in [-0.05, 0) is 24.3 Å². The second kappa shape index (κ2) is 4.55. The zero-order chi connectivity index (χ0) is 9.68. The van der Waals surface area contributed by atoms with E-state index in [-0.39, 0.29) is 5.82 Å². The van der Waals surface area contributed by atoms with Crippen molar-refractivity contribution in [2.24, 2.45) is 0 Å². The molecule has 0 N–H and O–H groups in total. The second-order valence-electron chi connectivity index (χ2n) is 2.31. The first-order valence-corrected chi connectivity index (χ1v) is 4.37. The molecule has 0 unspecified atom stereocenters. The third-order valence-corrected chi connectivity index (χ3v) is 1.59. The molecule has 2 rings (SSSR count). The zero-order valence-corrected chi connectivity index (χ0v) is 7.79. The number of hydrogen-bond donors (Lipinski definition) is 0. The lowest BCUT2D eigenvalue weighted by Crippen LogP contribution is -1.80. The maximum Gasteiger partial charge on any atom is 0.132 e. The van der Waals surface area contributed by atoms with Crippen LogP contribution in [-0.2, 0) is 0 Å². The minimum atomic E-state index is -0.212. The second-order valence-corrected chi connectivity index (χ2v) is 2.31. The number of halogens is 1. The highest BCUT2D eigenvalue weighted by Gasteiger charge is 1.96. The Labute approximate surface area is 77.2 Å². The Kier molecular flexibility index (Phi) is 3.38. The Bertz CT molecular complexity index is 379. The third-order valence-electron chi connectivity index (χ3n) is 1.59. The van der Waals surface area contributed by atoms with Crippen LogP contribution in [0.1, 0.15) is 13.8 Å². The Morgan fingerprint density at radius 2 is 1.85 bits per heavy atom. The van der Waals surface area contributed by atoms with Crippen molar-refractivity contribution in [1.82, 2.24) is 4.98 Å². The van der Waals surface area contributed by atoms with Crippen molar-refractivity contribution in [1.29, 1.82) is 0 Å². The van der Waals surface area contributed by atoms with E-state index in [1.54, 1.807) is 30.5 Å². The molecular formula is C11H12FN. The van der Waals surface area contributed by atoms with Gasteiger partial charge in [0.2, 0.25) is 0 Å². The van der Waals surface area contributed by atoms with Crippen molar-refractivity contribution in [3.63, 3.8) is 0 Å². The number of pyridine rings is 1. The van der Waals surface area contributed by atoms with Gasteiger partial charge in [0.25, 0.3) is 0 Å². The number of rotatable bonds is 0. The fraction of sp³-hybridized carbons (Fsp3) is 0.182. The summed E-state index contributed by atoms with van der Waals surface area (Å²) in [5, 5.41) is 0.579. The van der Waals surface area contributed by atoms with Crippen LogP contribution in [0.25, 0.3) is 10.9 Å². The van der Waals surface area contributed by atoms with E-state index in [0.717, 1.165) is 0 Å². The van der Waals surface area contributed by atoms with E-state index in [1.165, 1.54) is 6.07 Å². The Morgan fingerprint density at radius 1 is 1.08 bits per heavy atom. The zero-order valence-electron chi connectivity index (χ0n) is 7.79. The fourth-order valence-corrected chi connectivity index (χ4v) is 1.07. The fourth-order valence-electron chi connectivity index (χ4n) is 1.07. The molecule has 1 nitrogen and oxygen atoms in total. The van der Waals surface area contributed by atoms with E-state index in [4.69, 9.17) is 0 Å². The topological polar surface area (TPSA) is 12.9 Å². The lowest BCUT2D eigenvalue weighted by Gasteiger charge is -1.95. The van der Waals surface area contributed by atoms with Crippen molar-refractivity contribution >= 4 is 10.9 Å². The first-order valence-electron chi connectivity index (χ1n) is 4.37. The van der Waals surface area contributed by atoms with Crippen LogP contribution >= 0.6 is 0 Å². The molecule has 0 aliphatic heterocycles. The summed E-state index contributed by atoms with van der Waals surface area (Å²) < 4.78 is 12.9. The molecule has 1 aromatic heterocycles. The quantitative estimate of drug-likeness (QED) is 0.601. The normalized spacial score (nSPS) is 9.15. The molecule has 2 aromatic rings. The molecule has 0 saturated heterocycles. The van der Waals surface area contributed by atoms with Crippen molar-refractivity contribution in [3.8, 4) is 0 Å². The molecule has 68 valence electrons. The summed E-state index contributed by atoms with van der Waals surface area (Å²) in [4.78, 5) is 4.00. The van der Waals surface area contributed by atoms with Crippen molar-refractivity contribution in [3.05, 3.63) is 42.3 Å². The van der Waals surface area contributed by atoms with E-state index >= 15 is 0 Å². The summed E-state index contributed by atoms with van der Waals surface area (Å²) in [6.07, 6.45) is 1.65. The number of hydrogen-bond acceptors (Lipinski definition) is 1. The largest absolute Gasteiger partial charge is 0.256 e. The van der Waals surface area contributed by atoms with E-state index < -0.39 is 0 Å². The van der Waals surface area contributed by atoms with Crippen LogP contribution in [0.3, 0.4) is 0 Å². The van der Waals surface area contributed by atoms with Gasteiger partial charge in [0.15, 0.2) is 0 Å². The van der Waals surface area contributed by atoms with Gasteiger partial charge < -0.3 is 0 Å². The summed E-state index contributed by atoms with van der Waals surface area (Å²) >= 11 is 0. The molecule has 0 bridgehead atoms. The molecule has 2 heteroatoms. The van der Waals surface area contributed by atoms with Gasteiger partial charge in [-0.2, -0.15) is 0 Å². The first kappa shape index (κ1) is 9.65. The first-order chi connectivity index (χ1) is 6.38. The minimum absolute atomic E-state index is 0.212. The predicted molar refractivity (Wildman–Crippen MR) is 53.0 cm³/mol. The Hall–Kier alpha value is -1.44. The molecule has 0 atom stereocenters. The molecule has 0 aliphatic carbocycles. The summed E-state index contributed by atoms with van der Waals surface area (Å²) in [7, 11) is 0. The molecule has 1 heterocycles. The smallest absolute Gasteiger partial charge is 0.132 e. The van der Waals surface area contributed by atoms with Crippen molar-refractivity contribution < 1.29 is 4.39 Å². The van der Waals surface area contributed by atoms with E-state index in [1.807, 2.05) is 13.8 Å². The van der Waals surface area contributed by atoms with Gasteiger partial charge in [-0.25, -0.2) is 4.39 Å². The summed E-state index contributed by atoms with van der Waals surface area (Å²) in [5.41, 5.74) is 0.701. The molecule has 0 radical (unpaired) electrons. The summed E-state index contributed by atoms with van der Waals surface area (Å²) in [5.74, 6) is -0.212. The average molecular weight is 177 g/mol. The van der Waals surface area contributed by atoms with Gasteiger partial charge >= 0.3 is 0 Å². The molecule has 0 fully saturated rings. The van der Waals surface area contributed by atoms with Crippen LogP contribution in [0.5, 0.6) is 0 Å². The predicted octanol–water partition coefficient (Wildman–Crippen LogP) is 3.40. The number of fused-ring (bicyclic) bond motifs is 1. The van der Waals surface area contributed by atoms with Gasteiger partial charge in [0.1, 0.15) is 5.82 Å². The highest BCUT2D eigenvalue weighted by molar-refractivity contribution is 5.78. The molecule has 0 amide bonds. The van der Waals surface area contributed by atoms with Gasteiger partial charge in [0.05, 0.1) is 5.52 Å². The highest BCUT2D eigenvalue weighted by atomic mass is 19.1. The van der Waals surface area contributed by atoms with Gasteiger partial charge in [-0.3, -0.25) is 4.98 Å². The Balaban J connectivity index is 0.000000396. The maximum absolute atomic E-state index is 12.9. The summed E-state index contributed by atoms with van der Waals surface area (Å²) in [6.45, 7) is 4.00. The molecule has 0 aliphatic rings. The maximum atomic E-state index is 12.9. The van der Waals surface area contributed by atoms with E-state index in [2.05, 4.69) is 4.98 Å². The molecular weight excluding hydrogens is 165 g/mol. The SMILES string of the molecule is CC.Fc1cccc2ncccc12. The van der Waals surface area contributed by atoms with Crippen LogP contribution in [0, 0.1) is 5.82 Å². The molecule has 0 saturated carbocycles. The summed E-state index contributed by atoms with van der Waals surface area (Å²) in [6, 6.07) is 8.33. The molecule has 1 aromatic carbocycles.